The molecule has 0 aliphatic heterocycles. The second-order valence-electron chi connectivity index (χ2n) is 7.73. The van der Waals surface area contributed by atoms with Gasteiger partial charge in [0.1, 0.15) is 11.5 Å². The van der Waals surface area contributed by atoms with Gasteiger partial charge in [-0.15, -0.1) is 0 Å². The molecule has 1 fully saturated rings. The zero-order valence-corrected chi connectivity index (χ0v) is 16.0. The van der Waals surface area contributed by atoms with Crippen molar-refractivity contribution in [3.8, 4) is 5.75 Å². The normalized spacial score (nSPS) is 15.8. The molecule has 122 valence electrons. The van der Waals surface area contributed by atoms with Gasteiger partial charge in [0.25, 0.3) is 0 Å². The van der Waals surface area contributed by atoms with Crippen LogP contribution in [0.25, 0.3) is 5.76 Å². The summed E-state index contributed by atoms with van der Waals surface area (Å²) >= 11 is 0. The number of methoxy groups -OCH3 is 1. The monoisotopic (exact) mass is 318 g/mol. The number of hydrogen-bond donors (Lipinski definition) is 0. The summed E-state index contributed by atoms with van der Waals surface area (Å²) < 4.78 is 12.1. The lowest BCUT2D eigenvalue weighted by atomic mass is 10.1. The minimum Gasteiger partial charge on any atom is -0.543 e. The highest BCUT2D eigenvalue weighted by molar-refractivity contribution is 6.74. The second-order valence-corrected chi connectivity index (χ2v) is 12.5. The van der Waals surface area contributed by atoms with Crippen LogP contribution in [-0.4, -0.2) is 15.4 Å². The molecular weight excluding hydrogens is 288 g/mol. The third-order valence-corrected chi connectivity index (χ3v) is 9.37. The van der Waals surface area contributed by atoms with Gasteiger partial charge in [-0.1, -0.05) is 32.9 Å². The largest absolute Gasteiger partial charge is 0.543 e. The van der Waals surface area contributed by atoms with E-state index in [2.05, 4.69) is 58.1 Å². The van der Waals surface area contributed by atoms with E-state index in [-0.39, 0.29) is 5.04 Å². The number of rotatable bonds is 4. The molecular formula is C19H30O2Si. The van der Waals surface area contributed by atoms with Crippen LogP contribution in [0.1, 0.15) is 52.0 Å². The molecule has 1 saturated carbocycles. The summed E-state index contributed by atoms with van der Waals surface area (Å²) in [6.07, 6.45) is 4.89. The predicted molar refractivity (Wildman–Crippen MR) is 96.7 cm³/mol. The molecule has 2 nitrogen and oxygen atoms in total. The van der Waals surface area contributed by atoms with E-state index < -0.39 is 8.32 Å². The molecule has 1 aliphatic carbocycles. The molecule has 0 N–H and O–H groups in total. The Balaban J connectivity index is 2.29. The third kappa shape index (κ3) is 3.75. The maximum atomic E-state index is 6.42. The van der Waals surface area contributed by atoms with E-state index in [1.165, 1.54) is 18.4 Å². The van der Waals surface area contributed by atoms with E-state index >= 15 is 0 Å². The van der Waals surface area contributed by atoms with Gasteiger partial charge in [-0.3, -0.25) is 0 Å². The Morgan fingerprint density at radius 1 is 1.09 bits per heavy atom. The molecule has 0 heterocycles. The highest BCUT2D eigenvalue weighted by Crippen LogP contribution is 2.38. The first-order chi connectivity index (χ1) is 10.2. The molecule has 0 radical (unpaired) electrons. The van der Waals surface area contributed by atoms with E-state index in [1.54, 1.807) is 7.11 Å². The van der Waals surface area contributed by atoms with Crippen molar-refractivity contribution >= 4 is 14.1 Å². The van der Waals surface area contributed by atoms with E-state index in [0.717, 1.165) is 29.9 Å². The highest BCUT2D eigenvalue weighted by atomic mass is 28.4. The van der Waals surface area contributed by atoms with Crippen LogP contribution in [0.5, 0.6) is 5.75 Å². The molecule has 0 bridgehead atoms. The van der Waals surface area contributed by atoms with Crippen LogP contribution in [0, 0.1) is 0 Å². The standard InChI is InChI=1S/C19H30O2Si/c1-19(2,3)22(5,6)21-17-13-9-12-16(14-17)18(20-4)15-10-7-8-11-15/h9,12-14H,7-8,10-11H2,1-6H3. The van der Waals surface area contributed by atoms with Crippen molar-refractivity contribution in [3.05, 3.63) is 35.4 Å². The average Bonchev–Trinajstić information content (AvgIpc) is 2.92. The fourth-order valence-corrected chi connectivity index (χ4v) is 3.67. The minimum atomic E-state index is -1.80. The first kappa shape index (κ1) is 17.1. The molecule has 0 aromatic heterocycles. The van der Waals surface area contributed by atoms with Gasteiger partial charge in [-0.25, -0.2) is 0 Å². The first-order valence-electron chi connectivity index (χ1n) is 8.30. The Bertz CT molecular complexity index is 545. The smallest absolute Gasteiger partial charge is 0.250 e. The molecule has 22 heavy (non-hydrogen) atoms. The Morgan fingerprint density at radius 3 is 2.27 bits per heavy atom. The molecule has 1 aromatic carbocycles. The van der Waals surface area contributed by atoms with E-state index in [9.17, 15) is 0 Å². The van der Waals surface area contributed by atoms with Crippen LogP contribution < -0.4 is 4.43 Å². The van der Waals surface area contributed by atoms with Crippen LogP contribution in [0.15, 0.2) is 29.8 Å². The number of allylic oxidation sites excluding steroid dienone is 1. The summed E-state index contributed by atoms with van der Waals surface area (Å²) in [7, 11) is -0.0222. The van der Waals surface area contributed by atoms with Gasteiger partial charge < -0.3 is 9.16 Å². The lowest BCUT2D eigenvalue weighted by molar-refractivity contribution is 0.365. The fourth-order valence-electron chi connectivity index (χ4n) is 2.64. The maximum absolute atomic E-state index is 6.42. The number of benzene rings is 1. The summed E-state index contributed by atoms with van der Waals surface area (Å²) in [5.74, 6) is 2.02. The maximum Gasteiger partial charge on any atom is 0.250 e. The lowest BCUT2D eigenvalue weighted by Gasteiger charge is -2.36. The van der Waals surface area contributed by atoms with Crippen LogP contribution in [0.2, 0.25) is 18.1 Å². The summed E-state index contributed by atoms with van der Waals surface area (Å²) in [5, 5.41) is 0.205. The Kier molecular flexibility index (Phi) is 5.06. The van der Waals surface area contributed by atoms with Crippen molar-refractivity contribution in [2.75, 3.05) is 7.11 Å². The molecule has 3 heteroatoms. The van der Waals surface area contributed by atoms with Gasteiger partial charge >= 0.3 is 0 Å². The number of ether oxygens (including phenoxy) is 1. The molecule has 0 amide bonds. The second kappa shape index (κ2) is 6.49. The van der Waals surface area contributed by atoms with Crippen molar-refractivity contribution in [2.45, 2.75) is 64.6 Å². The van der Waals surface area contributed by atoms with Crippen molar-refractivity contribution in [2.24, 2.45) is 0 Å². The SMILES string of the molecule is COC(=C1CCCC1)c1cccc(O[Si](C)(C)C(C)(C)C)c1. The van der Waals surface area contributed by atoms with Crippen molar-refractivity contribution in [1.82, 2.24) is 0 Å². The van der Waals surface area contributed by atoms with Crippen LogP contribution in [0.4, 0.5) is 0 Å². The molecule has 0 atom stereocenters. The summed E-state index contributed by atoms with van der Waals surface area (Å²) in [6, 6.07) is 8.41. The summed E-state index contributed by atoms with van der Waals surface area (Å²) in [6.45, 7) is 11.4. The number of hydrogen-bond acceptors (Lipinski definition) is 2. The molecule has 0 saturated heterocycles. The van der Waals surface area contributed by atoms with Gasteiger partial charge in [0.2, 0.25) is 8.32 Å². The van der Waals surface area contributed by atoms with Crippen LogP contribution in [-0.2, 0) is 4.74 Å². The van der Waals surface area contributed by atoms with Gasteiger partial charge in [-0.05, 0) is 61.5 Å². The fraction of sp³-hybridized carbons (Fsp3) is 0.579. The van der Waals surface area contributed by atoms with E-state index in [0.29, 0.717) is 0 Å². The Morgan fingerprint density at radius 2 is 1.73 bits per heavy atom. The van der Waals surface area contributed by atoms with Crippen LogP contribution in [0.3, 0.4) is 0 Å². The van der Waals surface area contributed by atoms with Gasteiger partial charge in [0, 0.05) is 5.56 Å². The van der Waals surface area contributed by atoms with E-state index in [4.69, 9.17) is 9.16 Å². The zero-order valence-electron chi connectivity index (χ0n) is 15.0. The molecule has 0 unspecified atom stereocenters. The Hall–Kier alpha value is -1.22. The lowest BCUT2D eigenvalue weighted by Crippen LogP contribution is -2.43. The van der Waals surface area contributed by atoms with Crippen molar-refractivity contribution in [1.29, 1.82) is 0 Å². The average molecular weight is 319 g/mol. The Labute approximate surface area is 136 Å². The third-order valence-electron chi connectivity index (χ3n) is 5.01. The highest BCUT2D eigenvalue weighted by Gasteiger charge is 2.39. The van der Waals surface area contributed by atoms with Gasteiger partial charge in [0.05, 0.1) is 7.11 Å². The van der Waals surface area contributed by atoms with Crippen molar-refractivity contribution < 1.29 is 9.16 Å². The van der Waals surface area contributed by atoms with E-state index in [1.807, 2.05) is 0 Å². The van der Waals surface area contributed by atoms with Gasteiger partial charge in [-0.2, -0.15) is 0 Å². The first-order valence-corrected chi connectivity index (χ1v) is 11.2. The molecule has 0 spiro atoms. The molecule has 1 aromatic rings. The quantitative estimate of drug-likeness (QED) is 0.500. The molecule has 1 aliphatic rings. The van der Waals surface area contributed by atoms with Crippen LogP contribution >= 0.6 is 0 Å². The predicted octanol–water partition coefficient (Wildman–Crippen LogP) is 6.00. The summed E-state index contributed by atoms with van der Waals surface area (Å²) in [5.41, 5.74) is 2.60. The zero-order chi connectivity index (χ0) is 16.4. The van der Waals surface area contributed by atoms with Gasteiger partial charge in [0.15, 0.2) is 0 Å². The summed E-state index contributed by atoms with van der Waals surface area (Å²) in [4.78, 5) is 0. The molecule has 2 rings (SSSR count). The topological polar surface area (TPSA) is 18.5 Å². The minimum absolute atomic E-state index is 0.205. The van der Waals surface area contributed by atoms with Crippen molar-refractivity contribution in [3.63, 3.8) is 0 Å².